The van der Waals surface area contributed by atoms with Gasteiger partial charge in [0.1, 0.15) is 5.82 Å². The summed E-state index contributed by atoms with van der Waals surface area (Å²) < 4.78 is 28.0. The van der Waals surface area contributed by atoms with E-state index in [1.807, 2.05) is 43.3 Å². The molecule has 1 aliphatic rings. The van der Waals surface area contributed by atoms with E-state index in [0.717, 1.165) is 60.0 Å². The van der Waals surface area contributed by atoms with Gasteiger partial charge < -0.3 is 15.1 Å². The molecule has 5 rings (SSSR count). The monoisotopic (exact) mass is 502 g/mol. The fraction of sp³-hybridized carbons (Fsp3) is 0.259. The van der Waals surface area contributed by atoms with Crippen LogP contribution in [0.2, 0.25) is 0 Å². The summed E-state index contributed by atoms with van der Waals surface area (Å²) in [6.45, 7) is 6.24. The minimum atomic E-state index is -3.63. The summed E-state index contributed by atoms with van der Waals surface area (Å²) in [7, 11) is -1.50. The molecular formula is C27H30N6O2S. The smallest absolute Gasteiger partial charge is 0.261 e. The maximum atomic E-state index is 12.7. The van der Waals surface area contributed by atoms with Gasteiger partial charge in [0.25, 0.3) is 10.0 Å². The molecule has 1 aliphatic heterocycles. The molecule has 0 radical (unpaired) electrons. The quantitative estimate of drug-likeness (QED) is 0.393. The van der Waals surface area contributed by atoms with E-state index in [0.29, 0.717) is 12.2 Å². The zero-order valence-electron chi connectivity index (χ0n) is 20.5. The van der Waals surface area contributed by atoms with Crippen molar-refractivity contribution < 1.29 is 8.42 Å². The number of aryl methyl sites for hydroxylation is 1. The number of para-hydroxylation sites is 1. The lowest BCUT2D eigenvalue weighted by Crippen LogP contribution is -2.45. The van der Waals surface area contributed by atoms with Crippen molar-refractivity contribution in [3.05, 3.63) is 83.9 Å². The van der Waals surface area contributed by atoms with Crippen molar-refractivity contribution in [2.24, 2.45) is 0 Å². The van der Waals surface area contributed by atoms with E-state index in [2.05, 4.69) is 26.9 Å². The van der Waals surface area contributed by atoms with Crippen LogP contribution in [0.15, 0.2) is 77.7 Å². The van der Waals surface area contributed by atoms with Crippen LogP contribution in [0.1, 0.15) is 11.1 Å². The van der Waals surface area contributed by atoms with Gasteiger partial charge in [-0.2, -0.15) is 4.98 Å². The third kappa shape index (κ3) is 5.42. The molecule has 186 valence electrons. The second-order valence-electron chi connectivity index (χ2n) is 9.15. The minimum absolute atomic E-state index is 0.241. The van der Waals surface area contributed by atoms with Gasteiger partial charge in [-0.1, -0.05) is 42.0 Å². The molecule has 0 aliphatic carbocycles. The topological polar surface area (TPSA) is 90.5 Å². The molecule has 0 unspecified atom stereocenters. The van der Waals surface area contributed by atoms with E-state index in [4.69, 9.17) is 9.97 Å². The first-order valence-corrected chi connectivity index (χ1v) is 13.5. The Morgan fingerprint density at radius 2 is 1.56 bits per heavy atom. The number of hydrogen-bond acceptors (Lipinski definition) is 7. The molecule has 1 saturated heterocycles. The third-order valence-electron chi connectivity index (χ3n) is 6.37. The first kappa shape index (κ1) is 24.0. The van der Waals surface area contributed by atoms with Crippen LogP contribution in [0.4, 0.5) is 17.5 Å². The number of sulfonamides is 1. The molecule has 0 atom stereocenters. The Kier molecular flexibility index (Phi) is 6.75. The van der Waals surface area contributed by atoms with Crippen LogP contribution in [0.3, 0.4) is 0 Å². The Bertz CT molecular complexity index is 1450. The van der Waals surface area contributed by atoms with Gasteiger partial charge in [-0.15, -0.1) is 0 Å². The van der Waals surface area contributed by atoms with E-state index < -0.39 is 10.0 Å². The van der Waals surface area contributed by atoms with Crippen LogP contribution in [0, 0.1) is 6.92 Å². The summed E-state index contributed by atoms with van der Waals surface area (Å²) in [5.74, 6) is 1.53. The van der Waals surface area contributed by atoms with E-state index in [1.165, 1.54) is 0 Å². The van der Waals surface area contributed by atoms with Crippen molar-refractivity contribution >= 4 is 38.4 Å². The first-order chi connectivity index (χ1) is 17.4. The van der Waals surface area contributed by atoms with Gasteiger partial charge in [0.15, 0.2) is 0 Å². The molecule has 36 heavy (non-hydrogen) atoms. The predicted molar refractivity (Wildman–Crippen MR) is 145 cm³/mol. The highest BCUT2D eigenvalue weighted by Crippen LogP contribution is 2.25. The van der Waals surface area contributed by atoms with E-state index in [9.17, 15) is 8.42 Å². The van der Waals surface area contributed by atoms with Crippen LogP contribution in [-0.2, 0) is 16.6 Å². The molecule has 0 saturated carbocycles. The molecule has 9 heteroatoms. The lowest BCUT2D eigenvalue weighted by molar-refractivity contribution is 0.311. The summed E-state index contributed by atoms with van der Waals surface area (Å²) in [4.78, 5) is 14.4. The summed E-state index contributed by atoms with van der Waals surface area (Å²) in [5.41, 5.74) is 3.45. The van der Waals surface area contributed by atoms with Crippen LogP contribution < -0.4 is 14.9 Å². The molecule has 2 heterocycles. The third-order valence-corrected chi connectivity index (χ3v) is 7.77. The van der Waals surface area contributed by atoms with Gasteiger partial charge in [0, 0.05) is 43.8 Å². The number of likely N-dealkylation sites (N-methyl/N-ethyl adjacent to an activating group) is 1. The van der Waals surface area contributed by atoms with Crippen LogP contribution in [0.25, 0.3) is 10.9 Å². The zero-order valence-corrected chi connectivity index (χ0v) is 21.3. The van der Waals surface area contributed by atoms with Crippen molar-refractivity contribution in [3.8, 4) is 0 Å². The highest BCUT2D eigenvalue weighted by atomic mass is 32.2. The highest BCUT2D eigenvalue weighted by Gasteiger charge is 2.18. The molecule has 4 aromatic rings. The van der Waals surface area contributed by atoms with Gasteiger partial charge in [0.05, 0.1) is 10.4 Å². The van der Waals surface area contributed by atoms with E-state index >= 15 is 0 Å². The maximum Gasteiger partial charge on any atom is 0.261 e. The number of piperazine rings is 1. The summed E-state index contributed by atoms with van der Waals surface area (Å²) >= 11 is 0. The SMILES string of the molecule is Cc1ccc(S(=O)(=O)Nc2ccc(CNc3nc(N4CCN(C)CC4)nc4ccccc34)cc2)cc1. The van der Waals surface area contributed by atoms with Crippen molar-refractivity contribution in [2.75, 3.05) is 48.2 Å². The second kappa shape index (κ2) is 10.1. The Balaban J connectivity index is 1.30. The number of benzene rings is 3. The molecule has 0 bridgehead atoms. The fourth-order valence-electron chi connectivity index (χ4n) is 4.15. The van der Waals surface area contributed by atoms with Crippen LogP contribution in [0.5, 0.6) is 0 Å². The normalized spacial score (nSPS) is 14.7. The van der Waals surface area contributed by atoms with Gasteiger partial charge >= 0.3 is 0 Å². The number of nitrogens with one attached hydrogen (secondary N) is 2. The number of rotatable bonds is 7. The lowest BCUT2D eigenvalue weighted by Gasteiger charge is -2.32. The van der Waals surface area contributed by atoms with E-state index in [-0.39, 0.29) is 4.90 Å². The molecule has 8 nitrogen and oxygen atoms in total. The molecular weight excluding hydrogens is 472 g/mol. The number of fused-ring (bicyclic) bond motifs is 1. The van der Waals surface area contributed by atoms with Crippen LogP contribution >= 0.6 is 0 Å². The van der Waals surface area contributed by atoms with Crippen molar-refractivity contribution in [1.29, 1.82) is 0 Å². The van der Waals surface area contributed by atoms with Gasteiger partial charge in [-0.25, -0.2) is 13.4 Å². The molecule has 3 aromatic carbocycles. The molecule has 2 N–H and O–H groups in total. The van der Waals surface area contributed by atoms with Gasteiger partial charge in [0.2, 0.25) is 5.95 Å². The highest BCUT2D eigenvalue weighted by molar-refractivity contribution is 7.92. The number of aromatic nitrogens is 2. The Labute approximate surface area is 212 Å². The average molecular weight is 503 g/mol. The van der Waals surface area contributed by atoms with Gasteiger partial charge in [-0.3, -0.25) is 4.72 Å². The Hall–Kier alpha value is -3.69. The van der Waals surface area contributed by atoms with Crippen molar-refractivity contribution in [3.63, 3.8) is 0 Å². The first-order valence-electron chi connectivity index (χ1n) is 12.0. The molecule has 0 amide bonds. The number of anilines is 3. The molecule has 1 fully saturated rings. The standard InChI is InChI=1S/C27H30N6O2S/c1-20-7-13-23(14-8-20)36(34,35)31-22-11-9-21(10-12-22)19-28-26-24-5-3-4-6-25(24)29-27(30-26)33-17-15-32(2)16-18-33/h3-14,31H,15-19H2,1-2H3,(H,28,29,30). The fourth-order valence-corrected chi connectivity index (χ4v) is 5.21. The Morgan fingerprint density at radius 1 is 0.861 bits per heavy atom. The van der Waals surface area contributed by atoms with Crippen molar-refractivity contribution in [2.45, 2.75) is 18.4 Å². The minimum Gasteiger partial charge on any atom is -0.365 e. The predicted octanol–water partition coefficient (Wildman–Crippen LogP) is 4.10. The zero-order chi connectivity index (χ0) is 25.1. The summed E-state index contributed by atoms with van der Waals surface area (Å²) in [6.07, 6.45) is 0. The summed E-state index contributed by atoms with van der Waals surface area (Å²) in [5, 5.41) is 4.43. The largest absolute Gasteiger partial charge is 0.365 e. The maximum absolute atomic E-state index is 12.7. The Morgan fingerprint density at radius 3 is 2.28 bits per heavy atom. The van der Waals surface area contributed by atoms with Gasteiger partial charge in [-0.05, 0) is 55.9 Å². The number of nitrogens with zero attached hydrogens (tertiary/aromatic N) is 4. The average Bonchev–Trinajstić information content (AvgIpc) is 2.88. The number of hydrogen-bond donors (Lipinski definition) is 2. The van der Waals surface area contributed by atoms with Crippen LogP contribution in [-0.4, -0.2) is 56.5 Å². The van der Waals surface area contributed by atoms with E-state index in [1.54, 1.807) is 36.4 Å². The summed E-state index contributed by atoms with van der Waals surface area (Å²) in [6, 6.07) is 22.2. The second-order valence-corrected chi connectivity index (χ2v) is 10.8. The molecule has 0 spiro atoms. The molecule has 1 aromatic heterocycles. The lowest BCUT2D eigenvalue weighted by atomic mass is 10.2. The van der Waals surface area contributed by atoms with Crippen molar-refractivity contribution in [1.82, 2.24) is 14.9 Å².